The Morgan fingerprint density at radius 2 is 1.32 bits per heavy atom. The summed E-state index contributed by atoms with van der Waals surface area (Å²) in [6.45, 7) is 1.44. The zero-order valence-electron chi connectivity index (χ0n) is 13.1. The van der Waals surface area contributed by atoms with E-state index in [4.69, 9.17) is 14.2 Å². The summed E-state index contributed by atoms with van der Waals surface area (Å²) < 4.78 is 16.3. The van der Waals surface area contributed by atoms with Crippen LogP contribution in [0, 0.1) is 0 Å². The van der Waals surface area contributed by atoms with E-state index in [-0.39, 0.29) is 6.10 Å². The summed E-state index contributed by atoms with van der Waals surface area (Å²) in [5, 5.41) is 0. The number of rotatable bonds is 10. The van der Waals surface area contributed by atoms with Crippen LogP contribution in [0.2, 0.25) is 0 Å². The largest absolute Gasteiger partial charge is 0.382 e. The third kappa shape index (κ3) is 6.39. The van der Waals surface area contributed by atoms with Crippen LogP contribution in [0.4, 0.5) is 0 Å². The van der Waals surface area contributed by atoms with Crippen LogP contribution < -0.4 is 0 Å². The van der Waals surface area contributed by atoms with Crippen LogP contribution in [0.5, 0.6) is 0 Å². The maximum atomic E-state index is 5.92. The molecule has 0 aromatic heterocycles. The molecule has 2 aromatic rings. The van der Waals surface area contributed by atoms with E-state index in [9.17, 15) is 0 Å². The summed E-state index contributed by atoms with van der Waals surface area (Å²) in [5.41, 5.74) is 2.56. The molecule has 0 saturated carbocycles. The van der Waals surface area contributed by atoms with Crippen molar-refractivity contribution in [2.45, 2.75) is 18.9 Å². The molecule has 0 aliphatic carbocycles. The topological polar surface area (TPSA) is 27.7 Å². The molecule has 0 unspecified atom stereocenters. The molecule has 0 radical (unpaired) electrons. The van der Waals surface area contributed by atoms with Crippen LogP contribution in [-0.2, 0) is 27.1 Å². The average molecular weight is 300 g/mol. The highest BCUT2D eigenvalue weighted by Gasteiger charge is 2.11. The van der Waals surface area contributed by atoms with E-state index < -0.39 is 0 Å². The van der Waals surface area contributed by atoms with Gasteiger partial charge in [0, 0.05) is 7.11 Å². The number of hydrogen-bond donors (Lipinski definition) is 0. The van der Waals surface area contributed by atoms with Gasteiger partial charge in [-0.1, -0.05) is 60.7 Å². The van der Waals surface area contributed by atoms with Crippen molar-refractivity contribution in [3.63, 3.8) is 0 Å². The Bertz CT molecular complexity index is 457. The summed E-state index contributed by atoms with van der Waals surface area (Å²) >= 11 is 0. The van der Waals surface area contributed by atoms with Crippen LogP contribution in [-0.4, -0.2) is 33.2 Å². The van der Waals surface area contributed by atoms with Crippen LogP contribution >= 0.6 is 0 Å². The van der Waals surface area contributed by atoms with Crippen LogP contribution in [0.15, 0.2) is 60.7 Å². The van der Waals surface area contributed by atoms with Crippen molar-refractivity contribution in [2.75, 3.05) is 27.1 Å². The molecule has 2 aromatic carbocycles. The van der Waals surface area contributed by atoms with E-state index in [1.807, 2.05) is 12.1 Å². The average Bonchev–Trinajstić information content (AvgIpc) is 2.56. The van der Waals surface area contributed by atoms with Crippen molar-refractivity contribution < 1.29 is 14.2 Å². The summed E-state index contributed by atoms with van der Waals surface area (Å²) in [4.78, 5) is 0. The molecule has 0 saturated heterocycles. The quantitative estimate of drug-likeness (QED) is 0.497. The summed E-state index contributed by atoms with van der Waals surface area (Å²) in [6.07, 6.45) is 1.86. The minimum Gasteiger partial charge on any atom is -0.382 e. The van der Waals surface area contributed by atoms with Gasteiger partial charge in [-0.15, -0.1) is 0 Å². The molecule has 0 aliphatic rings. The fourth-order valence-electron chi connectivity index (χ4n) is 2.29. The first kappa shape index (κ1) is 16.7. The van der Waals surface area contributed by atoms with Gasteiger partial charge in [0.15, 0.2) is 0 Å². The Balaban J connectivity index is 1.88. The van der Waals surface area contributed by atoms with Gasteiger partial charge in [-0.3, -0.25) is 0 Å². The second-order valence-corrected chi connectivity index (χ2v) is 5.19. The Morgan fingerprint density at radius 1 is 0.773 bits per heavy atom. The first-order valence-electron chi connectivity index (χ1n) is 7.64. The molecule has 0 spiro atoms. The minimum atomic E-state index is 0.104. The maximum Gasteiger partial charge on any atom is 0.147 e. The molecule has 0 fully saturated rings. The lowest BCUT2D eigenvalue weighted by molar-refractivity contribution is -0.0967. The molecule has 0 heterocycles. The number of hydrogen-bond acceptors (Lipinski definition) is 3. The summed E-state index contributed by atoms with van der Waals surface area (Å²) in [5.74, 6) is 0. The first-order chi connectivity index (χ1) is 10.9. The van der Waals surface area contributed by atoms with Gasteiger partial charge >= 0.3 is 0 Å². The lowest BCUT2D eigenvalue weighted by Gasteiger charge is -2.18. The van der Waals surface area contributed by atoms with Crippen molar-refractivity contribution in [2.24, 2.45) is 0 Å². The van der Waals surface area contributed by atoms with Crippen molar-refractivity contribution in [3.8, 4) is 0 Å². The second-order valence-electron chi connectivity index (χ2n) is 5.19. The van der Waals surface area contributed by atoms with E-state index >= 15 is 0 Å². The van der Waals surface area contributed by atoms with Crippen molar-refractivity contribution in [1.82, 2.24) is 0 Å². The number of methoxy groups -OCH3 is 1. The monoisotopic (exact) mass is 300 g/mol. The molecule has 0 N–H and O–H groups in total. The molecule has 2 rings (SSSR count). The molecule has 0 atom stereocenters. The maximum absolute atomic E-state index is 5.92. The summed E-state index contributed by atoms with van der Waals surface area (Å²) in [6, 6.07) is 20.8. The van der Waals surface area contributed by atoms with Crippen molar-refractivity contribution in [3.05, 3.63) is 71.8 Å². The third-order valence-corrected chi connectivity index (χ3v) is 3.43. The summed E-state index contributed by atoms with van der Waals surface area (Å²) in [7, 11) is 1.66. The normalized spacial score (nSPS) is 11.0. The van der Waals surface area contributed by atoms with E-state index in [1.54, 1.807) is 7.11 Å². The van der Waals surface area contributed by atoms with E-state index in [2.05, 4.69) is 48.5 Å². The molecule has 3 nitrogen and oxygen atoms in total. The van der Waals surface area contributed by atoms with E-state index in [0.29, 0.717) is 20.0 Å². The van der Waals surface area contributed by atoms with E-state index in [0.717, 1.165) is 12.8 Å². The zero-order valence-corrected chi connectivity index (χ0v) is 13.1. The van der Waals surface area contributed by atoms with Crippen LogP contribution in [0.1, 0.15) is 11.1 Å². The fraction of sp³-hybridized carbons (Fsp3) is 0.368. The predicted octanol–water partition coefficient (Wildman–Crippen LogP) is 3.48. The Hall–Kier alpha value is -1.68. The predicted molar refractivity (Wildman–Crippen MR) is 87.9 cm³/mol. The molecule has 0 aliphatic heterocycles. The fourth-order valence-corrected chi connectivity index (χ4v) is 2.29. The van der Waals surface area contributed by atoms with Gasteiger partial charge < -0.3 is 14.2 Å². The molecule has 3 heteroatoms. The highest BCUT2D eigenvalue weighted by Crippen LogP contribution is 2.12. The molecule has 0 bridgehead atoms. The second kappa shape index (κ2) is 10.1. The molecule has 0 amide bonds. The highest BCUT2D eigenvalue weighted by atomic mass is 16.7. The zero-order chi connectivity index (χ0) is 15.5. The van der Waals surface area contributed by atoms with Gasteiger partial charge in [-0.2, -0.15) is 0 Å². The van der Waals surface area contributed by atoms with Gasteiger partial charge in [-0.05, 0) is 24.0 Å². The van der Waals surface area contributed by atoms with Gasteiger partial charge in [-0.25, -0.2) is 0 Å². The van der Waals surface area contributed by atoms with Crippen LogP contribution in [0.3, 0.4) is 0 Å². The number of ether oxygens (including phenoxy) is 3. The highest BCUT2D eigenvalue weighted by molar-refractivity contribution is 5.19. The lowest BCUT2D eigenvalue weighted by Crippen LogP contribution is -2.21. The van der Waals surface area contributed by atoms with Crippen molar-refractivity contribution in [1.29, 1.82) is 0 Å². The van der Waals surface area contributed by atoms with Gasteiger partial charge in [0.05, 0.1) is 19.3 Å². The standard InChI is InChI=1S/C19H24O3/c1-20-12-13-21-16-22-19(14-17-8-4-2-5-9-17)15-18-10-6-3-7-11-18/h2-11,19H,12-16H2,1H3. The number of benzene rings is 2. The molecule has 118 valence electrons. The molecular formula is C19H24O3. The van der Waals surface area contributed by atoms with Crippen molar-refractivity contribution >= 4 is 0 Å². The third-order valence-electron chi connectivity index (χ3n) is 3.43. The Labute approximate surface area is 132 Å². The first-order valence-corrected chi connectivity index (χ1v) is 7.64. The van der Waals surface area contributed by atoms with Gasteiger partial charge in [0.2, 0.25) is 0 Å². The minimum absolute atomic E-state index is 0.104. The smallest absolute Gasteiger partial charge is 0.147 e. The Morgan fingerprint density at radius 3 is 1.82 bits per heavy atom. The van der Waals surface area contributed by atoms with Crippen LogP contribution in [0.25, 0.3) is 0 Å². The SMILES string of the molecule is COCCOCOC(Cc1ccccc1)Cc1ccccc1. The lowest BCUT2D eigenvalue weighted by atomic mass is 10.0. The molecular weight excluding hydrogens is 276 g/mol. The van der Waals surface area contributed by atoms with Gasteiger partial charge in [0.25, 0.3) is 0 Å². The molecule has 22 heavy (non-hydrogen) atoms. The van der Waals surface area contributed by atoms with E-state index in [1.165, 1.54) is 11.1 Å². The Kier molecular flexibility index (Phi) is 7.67. The van der Waals surface area contributed by atoms with Gasteiger partial charge in [0.1, 0.15) is 6.79 Å².